The summed E-state index contributed by atoms with van der Waals surface area (Å²) in [5.74, 6) is 0.377. The summed E-state index contributed by atoms with van der Waals surface area (Å²) in [6.07, 6.45) is 6.54. The van der Waals surface area contributed by atoms with Crippen molar-refractivity contribution < 1.29 is 9.72 Å². The molecule has 7 heteroatoms. The van der Waals surface area contributed by atoms with Crippen LogP contribution in [-0.4, -0.2) is 48.0 Å². The molecule has 0 heterocycles. The van der Waals surface area contributed by atoms with Gasteiger partial charge in [0.2, 0.25) is 0 Å². The van der Waals surface area contributed by atoms with Crippen LogP contribution < -0.4 is 10.6 Å². The first-order valence-electron chi connectivity index (χ1n) is 9.81. The molecule has 2 aliphatic carbocycles. The standard InChI is InChI=1S/C20H30N4O3/c1-14-5-4-10-20(12-14,23(2)3)13-21-19(25)15-6-9-17(22-16-7-8-16)18(11-15)24(26)27/h6,9,11,14,16,22H,4-5,7-8,10,12-13H2,1-3H3,(H,21,25)/t14-,20+/m0/s1. The van der Waals surface area contributed by atoms with E-state index in [2.05, 4.69) is 36.6 Å². The lowest BCUT2D eigenvalue weighted by molar-refractivity contribution is -0.384. The highest BCUT2D eigenvalue weighted by Gasteiger charge is 2.37. The predicted octanol–water partition coefficient (Wildman–Crippen LogP) is 3.41. The van der Waals surface area contributed by atoms with Gasteiger partial charge in [0.05, 0.1) is 4.92 Å². The maximum atomic E-state index is 12.7. The van der Waals surface area contributed by atoms with Crippen molar-refractivity contribution in [2.45, 2.75) is 57.0 Å². The van der Waals surface area contributed by atoms with Crippen LogP contribution in [0.15, 0.2) is 18.2 Å². The summed E-state index contributed by atoms with van der Waals surface area (Å²) >= 11 is 0. The van der Waals surface area contributed by atoms with E-state index < -0.39 is 4.92 Å². The lowest BCUT2D eigenvalue weighted by Gasteiger charge is -2.45. The Morgan fingerprint density at radius 1 is 1.33 bits per heavy atom. The van der Waals surface area contributed by atoms with Gasteiger partial charge in [-0.05, 0) is 57.8 Å². The van der Waals surface area contributed by atoms with E-state index in [1.54, 1.807) is 12.1 Å². The predicted molar refractivity (Wildman–Crippen MR) is 106 cm³/mol. The fourth-order valence-electron chi connectivity index (χ4n) is 4.10. The number of amides is 1. The lowest BCUT2D eigenvalue weighted by atomic mass is 9.75. The summed E-state index contributed by atoms with van der Waals surface area (Å²) in [4.78, 5) is 25.9. The molecule has 0 unspecified atom stereocenters. The normalized spacial score (nSPS) is 25.3. The van der Waals surface area contributed by atoms with E-state index in [4.69, 9.17) is 0 Å². The summed E-state index contributed by atoms with van der Waals surface area (Å²) in [6, 6.07) is 5.01. The third-order valence-corrected chi connectivity index (χ3v) is 5.99. The van der Waals surface area contributed by atoms with Crippen LogP contribution in [-0.2, 0) is 0 Å². The fourth-order valence-corrected chi connectivity index (χ4v) is 4.10. The smallest absolute Gasteiger partial charge is 0.293 e. The Bertz CT molecular complexity index is 717. The van der Waals surface area contributed by atoms with Crippen LogP contribution >= 0.6 is 0 Å². The molecule has 0 radical (unpaired) electrons. The molecule has 27 heavy (non-hydrogen) atoms. The Morgan fingerprint density at radius 2 is 2.07 bits per heavy atom. The third kappa shape index (κ3) is 4.58. The number of hydrogen-bond acceptors (Lipinski definition) is 5. The average Bonchev–Trinajstić information content (AvgIpc) is 3.43. The maximum absolute atomic E-state index is 12.7. The van der Waals surface area contributed by atoms with Gasteiger partial charge in [0.15, 0.2) is 0 Å². The molecule has 2 fully saturated rings. The molecule has 7 nitrogen and oxygen atoms in total. The number of carbonyl (C=O) groups is 1. The van der Waals surface area contributed by atoms with E-state index in [0.717, 1.165) is 32.1 Å². The maximum Gasteiger partial charge on any atom is 0.293 e. The van der Waals surface area contributed by atoms with E-state index in [1.165, 1.54) is 12.5 Å². The Balaban J connectivity index is 1.71. The molecule has 0 aliphatic heterocycles. The van der Waals surface area contributed by atoms with Gasteiger partial charge in [0.1, 0.15) is 5.69 Å². The van der Waals surface area contributed by atoms with Crippen LogP contribution in [0.1, 0.15) is 55.8 Å². The number of nitro groups is 1. The largest absolute Gasteiger partial charge is 0.377 e. The number of nitrogens with zero attached hydrogens (tertiary/aromatic N) is 2. The van der Waals surface area contributed by atoms with E-state index in [1.807, 2.05) is 0 Å². The van der Waals surface area contributed by atoms with Crippen molar-refractivity contribution in [1.29, 1.82) is 0 Å². The van der Waals surface area contributed by atoms with Crippen molar-refractivity contribution in [3.05, 3.63) is 33.9 Å². The second-order valence-corrected chi connectivity index (χ2v) is 8.41. The fraction of sp³-hybridized carbons (Fsp3) is 0.650. The van der Waals surface area contributed by atoms with Crippen molar-refractivity contribution in [1.82, 2.24) is 10.2 Å². The molecule has 2 N–H and O–H groups in total. The third-order valence-electron chi connectivity index (χ3n) is 5.99. The van der Waals surface area contributed by atoms with Crippen molar-refractivity contribution >= 4 is 17.3 Å². The van der Waals surface area contributed by atoms with Gasteiger partial charge in [-0.1, -0.05) is 19.8 Å². The Labute approximate surface area is 160 Å². The summed E-state index contributed by atoms with van der Waals surface area (Å²) in [7, 11) is 4.13. The Kier molecular flexibility index (Phi) is 5.69. The summed E-state index contributed by atoms with van der Waals surface area (Å²) in [6.45, 7) is 2.81. The van der Waals surface area contributed by atoms with Crippen LogP contribution in [0.4, 0.5) is 11.4 Å². The number of nitrogens with one attached hydrogen (secondary N) is 2. The molecule has 0 spiro atoms. The molecule has 2 atom stereocenters. The number of likely N-dealkylation sites (N-methyl/N-ethyl adjacent to an activating group) is 1. The number of anilines is 1. The molecule has 0 saturated heterocycles. The molecule has 1 aromatic rings. The first kappa shape index (κ1) is 19.6. The van der Waals surface area contributed by atoms with Gasteiger partial charge in [-0.3, -0.25) is 14.9 Å². The van der Waals surface area contributed by atoms with Gasteiger partial charge in [-0.2, -0.15) is 0 Å². The van der Waals surface area contributed by atoms with Gasteiger partial charge >= 0.3 is 0 Å². The molecule has 2 saturated carbocycles. The highest BCUT2D eigenvalue weighted by Crippen LogP contribution is 2.35. The molecule has 2 aliphatic rings. The monoisotopic (exact) mass is 374 g/mol. The molecule has 148 valence electrons. The van der Waals surface area contributed by atoms with E-state index >= 15 is 0 Å². The van der Waals surface area contributed by atoms with Crippen molar-refractivity contribution in [2.24, 2.45) is 5.92 Å². The minimum Gasteiger partial charge on any atom is -0.377 e. The van der Waals surface area contributed by atoms with Crippen LogP contribution in [0.5, 0.6) is 0 Å². The summed E-state index contributed by atoms with van der Waals surface area (Å²) < 4.78 is 0. The number of hydrogen-bond donors (Lipinski definition) is 2. The van der Waals surface area contributed by atoms with Crippen LogP contribution in [0.3, 0.4) is 0 Å². The Hall–Kier alpha value is -2.15. The van der Waals surface area contributed by atoms with Crippen molar-refractivity contribution in [3.63, 3.8) is 0 Å². The summed E-state index contributed by atoms with van der Waals surface area (Å²) in [5, 5.41) is 17.6. The minimum absolute atomic E-state index is 0.0387. The number of rotatable bonds is 7. The van der Waals surface area contributed by atoms with Gasteiger partial charge in [0, 0.05) is 29.8 Å². The second kappa shape index (κ2) is 7.84. The number of nitro benzene ring substituents is 1. The van der Waals surface area contributed by atoms with Crippen molar-refractivity contribution in [3.8, 4) is 0 Å². The first-order valence-corrected chi connectivity index (χ1v) is 9.81. The molecule has 1 amide bonds. The molecule has 0 bridgehead atoms. The lowest BCUT2D eigenvalue weighted by Crippen LogP contribution is -2.55. The molecule has 3 rings (SSSR count). The van der Waals surface area contributed by atoms with Crippen LogP contribution in [0, 0.1) is 16.0 Å². The highest BCUT2D eigenvalue weighted by atomic mass is 16.6. The second-order valence-electron chi connectivity index (χ2n) is 8.41. The van der Waals surface area contributed by atoms with Gasteiger partial charge in [0.25, 0.3) is 11.6 Å². The van der Waals surface area contributed by atoms with Crippen LogP contribution in [0.25, 0.3) is 0 Å². The molecular weight excluding hydrogens is 344 g/mol. The highest BCUT2D eigenvalue weighted by molar-refractivity contribution is 5.95. The SMILES string of the molecule is C[C@H]1CCC[C@@](CNC(=O)c2ccc(NC3CC3)c([N+](=O)[O-])c2)(N(C)C)C1. The van der Waals surface area contributed by atoms with E-state index in [9.17, 15) is 14.9 Å². The molecular formula is C20H30N4O3. The van der Waals surface area contributed by atoms with Gasteiger partial charge in [-0.15, -0.1) is 0 Å². The first-order chi connectivity index (χ1) is 12.8. The quantitative estimate of drug-likeness (QED) is 0.564. The molecule has 0 aromatic heterocycles. The van der Waals surface area contributed by atoms with Crippen molar-refractivity contribution in [2.75, 3.05) is 26.0 Å². The number of carbonyl (C=O) groups excluding carboxylic acids is 1. The topological polar surface area (TPSA) is 87.5 Å². The molecule has 1 aromatic carbocycles. The minimum atomic E-state index is -0.425. The zero-order valence-corrected chi connectivity index (χ0v) is 16.5. The van der Waals surface area contributed by atoms with Crippen LogP contribution in [0.2, 0.25) is 0 Å². The van der Waals surface area contributed by atoms with Gasteiger partial charge < -0.3 is 15.5 Å². The Morgan fingerprint density at radius 3 is 2.67 bits per heavy atom. The van der Waals surface area contributed by atoms with E-state index in [-0.39, 0.29) is 17.1 Å². The van der Waals surface area contributed by atoms with E-state index in [0.29, 0.717) is 29.8 Å². The zero-order valence-electron chi connectivity index (χ0n) is 16.5. The van der Waals surface area contributed by atoms with Gasteiger partial charge in [-0.25, -0.2) is 0 Å². The zero-order chi connectivity index (χ0) is 19.6. The number of benzene rings is 1. The summed E-state index contributed by atoms with van der Waals surface area (Å²) in [5.41, 5.74) is 0.737. The average molecular weight is 374 g/mol.